The summed E-state index contributed by atoms with van der Waals surface area (Å²) in [4.78, 5) is 43.8. The lowest BCUT2D eigenvalue weighted by Crippen LogP contribution is -2.58. The number of likely N-dealkylation sites (tertiary alicyclic amines) is 1. The summed E-state index contributed by atoms with van der Waals surface area (Å²) in [5.41, 5.74) is 1.56. The number of nitrogens with one attached hydrogen (secondary N) is 2. The minimum absolute atomic E-state index is 0.0704. The SMILES string of the molecule is CC(=C[C@H](C(C)C)N(C)C(=O)[C@@H](NC(=O)[C@H]1CCCCN1C(C)C)C(C)C)C(=O)NCc1ccc(Br)cc1. The Balaban J connectivity index is 2.13. The van der Waals surface area contributed by atoms with Crippen LogP contribution in [0.3, 0.4) is 0 Å². The van der Waals surface area contributed by atoms with Crippen molar-refractivity contribution in [2.45, 2.75) is 98.4 Å². The molecule has 0 spiro atoms. The Labute approximate surface area is 237 Å². The highest BCUT2D eigenvalue weighted by atomic mass is 79.9. The molecular weight excluding hydrogens is 544 g/mol. The van der Waals surface area contributed by atoms with Gasteiger partial charge in [-0.05, 0) is 69.7 Å². The first-order valence-electron chi connectivity index (χ1n) is 13.9. The van der Waals surface area contributed by atoms with Gasteiger partial charge in [-0.2, -0.15) is 0 Å². The smallest absolute Gasteiger partial charge is 0.246 e. The van der Waals surface area contributed by atoms with Gasteiger partial charge >= 0.3 is 0 Å². The zero-order valence-corrected chi connectivity index (χ0v) is 26.0. The molecule has 1 fully saturated rings. The Morgan fingerprint density at radius 3 is 2.24 bits per heavy atom. The molecule has 1 aromatic rings. The number of likely N-dealkylation sites (N-methyl/N-ethyl adjacent to an activating group) is 1. The van der Waals surface area contributed by atoms with Crippen molar-refractivity contribution in [3.63, 3.8) is 0 Å². The maximum atomic E-state index is 13.7. The van der Waals surface area contributed by atoms with Crippen LogP contribution >= 0.6 is 15.9 Å². The van der Waals surface area contributed by atoms with Gasteiger partial charge in [0.1, 0.15) is 6.04 Å². The first-order chi connectivity index (χ1) is 17.8. The predicted octanol–water partition coefficient (Wildman–Crippen LogP) is 4.90. The third-order valence-corrected chi connectivity index (χ3v) is 7.89. The van der Waals surface area contributed by atoms with Crippen molar-refractivity contribution in [1.29, 1.82) is 0 Å². The van der Waals surface area contributed by atoms with Gasteiger partial charge in [-0.1, -0.05) is 68.3 Å². The molecule has 2 N–H and O–H groups in total. The van der Waals surface area contributed by atoms with E-state index >= 15 is 0 Å². The number of carbonyl (C=O) groups is 3. The van der Waals surface area contributed by atoms with E-state index in [2.05, 4.69) is 45.3 Å². The summed E-state index contributed by atoms with van der Waals surface area (Å²) in [6.07, 6.45) is 4.78. The normalized spacial score (nSPS) is 18.4. The summed E-state index contributed by atoms with van der Waals surface area (Å²) in [7, 11) is 1.76. The van der Waals surface area contributed by atoms with Crippen molar-refractivity contribution in [3.8, 4) is 0 Å². The van der Waals surface area contributed by atoms with Crippen LogP contribution in [0.5, 0.6) is 0 Å². The molecule has 38 heavy (non-hydrogen) atoms. The average Bonchev–Trinajstić information content (AvgIpc) is 2.88. The summed E-state index contributed by atoms with van der Waals surface area (Å²) in [6, 6.07) is 6.94. The van der Waals surface area contributed by atoms with Gasteiger partial charge in [0.05, 0.1) is 12.1 Å². The van der Waals surface area contributed by atoms with E-state index < -0.39 is 6.04 Å². The molecular formula is C30H47BrN4O3. The third-order valence-electron chi connectivity index (χ3n) is 7.36. The van der Waals surface area contributed by atoms with Crippen LogP contribution in [0, 0.1) is 11.8 Å². The van der Waals surface area contributed by atoms with Crippen LogP contribution in [0.15, 0.2) is 40.4 Å². The molecule has 3 atom stereocenters. The van der Waals surface area contributed by atoms with Crippen molar-refractivity contribution in [3.05, 3.63) is 46.0 Å². The fourth-order valence-corrected chi connectivity index (χ4v) is 5.25. The van der Waals surface area contributed by atoms with E-state index in [0.29, 0.717) is 12.1 Å². The fraction of sp³-hybridized carbons (Fsp3) is 0.633. The maximum Gasteiger partial charge on any atom is 0.246 e. The van der Waals surface area contributed by atoms with Gasteiger partial charge in [-0.15, -0.1) is 0 Å². The van der Waals surface area contributed by atoms with Gasteiger partial charge in [0.25, 0.3) is 0 Å². The molecule has 0 bridgehead atoms. The van der Waals surface area contributed by atoms with Gasteiger partial charge in [-0.3, -0.25) is 19.3 Å². The average molecular weight is 592 g/mol. The number of halogens is 1. The fourth-order valence-electron chi connectivity index (χ4n) is 4.99. The lowest BCUT2D eigenvalue weighted by molar-refractivity contribution is -0.140. The van der Waals surface area contributed by atoms with E-state index in [0.717, 1.165) is 35.8 Å². The first kappa shape index (κ1) is 32.0. The summed E-state index contributed by atoms with van der Waals surface area (Å²) in [5.74, 6) is -0.370. The van der Waals surface area contributed by atoms with E-state index in [1.807, 2.05) is 58.0 Å². The minimum Gasteiger partial charge on any atom is -0.348 e. The van der Waals surface area contributed by atoms with Crippen LogP contribution < -0.4 is 10.6 Å². The Morgan fingerprint density at radius 1 is 1.05 bits per heavy atom. The van der Waals surface area contributed by atoms with Crippen LogP contribution in [0.25, 0.3) is 0 Å². The lowest BCUT2D eigenvalue weighted by atomic mass is 9.95. The maximum absolute atomic E-state index is 13.7. The number of carbonyl (C=O) groups excluding carboxylic acids is 3. The largest absolute Gasteiger partial charge is 0.348 e. The standard InChI is InChI=1S/C30H47BrN4O3/c1-19(2)26(17-22(7)28(36)32-18-23-12-14-24(31)15-13-23)34(8)30(38)27(20(3)4)33-29(37)25-11-9-10-16-35(25)21(5)6/h12-15,17,19-21,25-27H,9-11,16,18H2,1-8H3,(H,32,36)(H,33,37)/t25-,26-,27+/m1/s1. The molecule has 1 aliphatic rings. The highest BCUT2D eigenvalue weighted by Crippen LogP contribution is 2.21. The van der Waals surface area contributed by atoms with Gasteiger partial charge in [-0.25, -0.2) is 0 Å². The van der Waals surface area contributed by atoms with E-state index in [4.69, 9.17) is 0 Å². The number of hydrogen-bond acceptors (Lipinski definition) is 4. The number of amides is 3. The molecule has 1 heterocycles. The summed E-state index contributed by atoms with van der Waals surface area (Å²) in [5, 5.41) is 6.05. The molecule has 0 saturated carbocycles. The quantitative estimate of drug-likeness (QED) is 0.359. The van der Waals surface area contributed by atoms with Crippen molar-refractivity contribution >= 4 is 33.7 Å². The number of hydrogen-bond donors (Lipinski definition) is 2. The molecule has 1 aromatic carbocycles. The number of rotatable bonds is 11. The molecule has 0 unspecified atom stereocenters. The second-order valence-electron chi connectivity index (χ2n) is 11.4. The van der Waals surface area contributed by atoms with Crippen LogP contribution in [0.4, 0.5) is 0 Å². The molecule has 0 radical (unpaired) electrons. The topological polar surface area (TPSA) is 81.8 Å². The van der Waals surface area contributed by atoms with Gasteiger partial charge in [0, 0.05) is 29.7 Å². The summed E-state index contributed by atoms with van der Waals surface area (Å²) in [6.45, 7) is 15.3. The molecule has 0 aliphatic carbocycles. The second kappa shape index (κ2) is 14.8. The van der Waals surface area contributed by atoms with Gasteiger partial charge in [0.15, 0.2) is 0 Å². The van der Waals surface area contributed by atoms with Crippen molar-refractivity contribution in [2.24, 2.45) is 11.8 Å². The Morgan fingerprint density at radius 2 is 1.68 bits per heavy atom. The van der Waals surface area contributed by atoms with E-state index in [1.165, 1.54) is 0 Å². The zero-order chi connectivity index (χ0) is 28.6. The second-order valence-corrected chi connectivity index (χ2v) is 12.3. The summed E-state index contributed by atoms with van der Waals surface area (Å²) >= 11 is 3.42. The van der Waals surface area contributed by atoms with Crippen molar-refractivity contribution in [2.75, 3.05) is 13.6 Å². The molecule has 1 aliphatic heterocycles. The lowest BCUT2D eigenvalue weighted by Gasteiger charge is -2.39. The highest BCUT2D eigenvalue weighted by Gasteiger charge is 2.36. The van der Waals surface area contributed by atoms with Crippen LogP contribution in [-0.2, 0) is 20.9 Å². The van der Waals surface area contributed by atoms with Crippen molar-refractivity contribution < 1.29 is 14.4 Å². The third kappa shape index (κ3) is 8.94. The monoisotopic (exact) mass is 590 g/mol. The Bertz CT molecular complexity index is 974. The van der Waals surface area contributed by atoms with Gasteiger partial charge in [0.2, 0.25) is 17.7 Å². The number of nitrogens with zero attached hydrogens (tertiary/aromatic N) is 2. The first-order valence-corrected chi connectivity index (χ1v) is 14.7. The highest BCUT2D eigenvalue weighted by molar-refractivity contribution is 9.10. The molecule has 8 heteroatoms. The molecule has 212 valence electrons. The minimum atomic E-state index is -0.635. The summed E-state index contributed by atoms with van der Waals surface area (Å²) < 4.78 is 0.989. The van der Waals surface area contributed by atoms with Crippen LogP contribution in [-0.4, -0.2) is 65.3 Å². The Hall–Kier alpha value is -2.19. The molecule has 7 nitrogen and oxygen atoms in total. The van der Waals surface area contributed by atoms with Crippen LogP contribution in [0.2, 0.25) is 0 Å². The molecule has 0 aromatic heterocycles. The number of piperidine rings is 1. The van der Waals surface area contributed by atoms with E-state index in [-0.39, 0.29) is 47.7 Å². The predicted molar refractivity (Wildman–Crippen MR) is 157 cm³/mol. The Kier molecular flexibility index (Phi) is 12.5. The van der Waals surface area contributed by atoms with E-state index in [9.17, 15) is 14.4 Å². The van der Waals surface area contributed by atoms with Crippen molar-refractivity contribution in [1.82, 2.24) is 20.4 Å². The zero-order valence-electron chi connectivity index (χ0n) is 24.4. The van der Waals surface area contributed by atoms with Gasteiger partial charge < -0.3 is 15.5 Å². The number of benzene rings is 1. The molecule has 3 amide bonds. The van der Waals surface area contributed by atoms with Crippen LogP contribution in [0.1, 0.15) is 73.3 Å². The molecule has 2 rings (SSSR count). The van der Waals surface area contributed by atoms with E-state index in [1.54, 1.807) is 18.9 Å². The molecule has 1 saturated heterocycles.